The molecule has 0 saturated carbocycles. The average Bonchev–Trinajstić information content (AvgIpc) is 3.20. The van der Waals surface area contributed by atoms with E-state index in [-0.39, 0.29) is 18.8 Å². The third-order valence-electron chi connectivity index (χ3n) is 5.19. The van der Waals surface area contributed by atoms with Crippen molar-refractivity contribution >= 4 is 11.9 Å². The number of nitrogens with zero attached hydrogens (tertiary/aromatic N) is 1. The summed E-state index contributed by atoms with van der Waals surface area (Å²) in [4.78, 5) is 18.1. The van der Waals surface area contributed by atoms with Crippen LogP contribution in [0.1, 0.15) is 31.9 Å². The zero-order valence-corrected chi connectivity index (χ0v) is 18.5. The van der Waals surface area contributed by atoms with Crippen LogP contribution in [0.15, 0.2) is 83.9 Å². The van der Waals surface area contributed by atoms with Gasteiger partial charge in [-0.15, -0.1) is 0 Å². The Morgan fingerprint density at radius 3 is 2.25 bits per heavy atom. The van der Waals surface area contributed by atoms with E-state index in [1.54, 1.807) is 12.1 Å². The van der Waals surface area contributed by atoms with Gasteiger partial charge in [0.2, 0.25) is 5.90 Å². The van der Waals surface area contributed by atoms with E-state index >= 15 is 0 Å². The molecule has 164 valence electrons. The summed E-state index contributed by atoms with van der Waals surface area (Å²) in [5, 5.41) is 0. The molecule has 5 heteroatoms. The molecular formula is C27H26FNO3. The fourth-order valence-electron chi connectivity index (χ4n) is 3.70. The summed E-state index contributed by atoms with van der Waals surface area (Å²) < 4.78 is 25.2. The highest BCUT2D eigenvalue weighted by Gasteiger charge is 2.47. The number of ether oxygens (including phenoxy) is 2. The highest BCUT2D eigenvalue weighted by Crippen LogP contribution is 2.32. The molecule has 0 aliphatic carbocycles. The van der Waals surface area contributed by atoms with E-state index < -0.39 is 17.1 Å². The predicted molar refractivity (Wildman–Crippen MR) is 123 cm³/mol. The van der Waals surface area contributed by atoms with E-state index in [1.165, 1.54) is 12.1 Å². The van der Waals surface area contributed by atoms with Crippen molar-refractivity contribution in [2.75, 3.05) is 6.61 Å². The van der Waals surface area contributed by atoms with Gasteiger partial charge >= 0.3 is 5.97 Å². The SMILES string of the molecule is CC(C)(C)OC(=O)[C@@]1(Cc2ccc(F)cc2)COC(c2ccccc2-c2ccccc2)=N1. The minimum absolute atomic E-state index is 0.0533. The molecule has 1 aliphatic heterocycles. The molecule has 0 unspecified atom stereocenters. The first-order chi connectivity index (χ1) is 15.3. The van der Waals surface area contributed by atoms with E-state index in [2.05, 4.69) is 0 Å². The third-order valence-corrected chi connectivity index (χ3v) is 5.19. The fraction of sp³-hybridized carbons (Fsp3) is 0.259. The van der Waals surface area contributed by atoms with Gasteiger partial charge in [-0.05, 0) is 55.7 Å². The van der Waals surface area contributed by atoms with Gasteiger partial charge in [-0.1, -0.05) is 60.7 Å². The smallest absolute Gasteiger partial charge is 0.338 e. The van der Waals surface area contributed by atoms with Crippen molar-refractivity contribution in [3.05, 3.63) is 95.8 Å². The fourth-order valence-corrected chi connectivity index (χ4v) is 3.70. The summed E-state index contributed by atoms with van der Waals surface area (Å²) in [5.74, 6) is -0.386. The van der Waals surface area contributed by atoms with Crippen LogP contribution in [0, 0.1) is 5.82 Å². The summed E-state index contributed by atoms with van der Waals surface area (Å²) in [5.41, 5.74) is 1.67. The van der Waals surface area contributed by atoms with E-state index in [0.717, 1.165) is 22.3 Å². The van der Waals surface area contributed by atoms with Crippen molar-refractivity contribution in [2.24, 2.45) is 4.99 Å². The van der Waals surface area contributed by atoms with E-state index in [0.29, 0.717) is 5.90 Å². The van der Waals surface area contributed by atoms with Crippen molar-refractivity contribution in [1.29, 1.82) is 0 Å². The Morgan fingerprint density at radius 2 is 1.59 bits per heavy atom. The maximum atomic E-state index is 13.4. The molecule has 0 bridgehead atoms. The van der Waals surface area contributed by atoms with Gasteiger partial charge in [0.15, 0.2) is 5.54 Å². The van der Waals surface area contributed by atoms with Crippen LogP contribution in [0.25, 0.3) is 11.1 Å². The molecule has 3 aromatic rings. The molecule has 0 aromatic heterocycles. The molecule has 1 atom stereocenters. The molecule has 0 radical (unpaired) electrons. The summed E-state index contributed by atoms with van der Waals surface area (Å²) in [6, 6.07) is 23.8. The van der Waals surface area contributed by atoms with Crippen LogP contribution in [-0.4, -0.2) is 29.6 Å². The molecule has 0 fully saturated rings. The minimum Gasteiger partial charge on any atom is -0.474 e. The minimum atomic E-state index is -1.25. The Hall–Kier alpha value is -3.47. The van der Waals surface area contributed by atoms with Crippen molar-refractivity contribution in [3.63, 3.8) is 0 Å². The lowest BCUT2D eigenvalue weighted by Gasteiger charge is -2.28. The van der Waals surface area contributed by atoms with Crippen LogP contribution in [0.2, 0.25) is 0 Å². The lowest BCUT2D eigenvalue weighted by Crippen LogP contribution is -2.45. The third kappa shape index (κ3) is 4.72. The first-order valence-corrected chi connectivity index (χ1v) is 10.6. The van der Waals surface area contributed by atoms with Crippen LogP contribution < -0.4 is 0 Å². The Kier molecular flexibility index (Phi) is 5.83. The van der Waals surface area contributed by atoms with Gasteiger partial charge in [0.05, 0.1) is 0 Å². The topological polar surface area (TPSA) is 47.9 Å². The highest BCUT2D eigenvalue weighted by atomic mass is 19.1. The number of rotatable bonds is 5. The molecule has 4 nitrogen and oxygen atoms in total. The van der Waals surface area contributed by atoms with E-state index in [4.69, 9.17) is 14.5 Å². The number of aliphatic imine (C=N–C) groups is 1. The monoisotopic (exact) mass is 431 g/mol. The van der Waals surface area contributed by atoms with Crippen LogP contribution in [-0.2, 0) is 20.7 Å². The number of esters is 1. The normalized spacial score (nSPS) is 18.1. The molecule has 1 aliphatic rings. The Morgan fingerprint density at radius 1 is 0.969 bits per heavy atom. The molecular weight excluding hydrogens is 405 g/mol. The number of halogens is 1. The summed E-state index contributed by atoms with van der Waals surface area (Å²) >= 11 is 0. The largest absolute Gasteiger partial charge is 0.474 e. The van der Waals surface area contributed by atoms with Gasteiger partial charge in [-0.2, -0.15) is 0 Å². The zero-order chi connectivity index (χ0) is 22.8. The number of carbonyl (C=O) groups is 1. The Labute approximate surface area is 187 Å². The summed E-state index contributed by atoms with van der Waals surface area (Å²) in [6.45, 7) is 5.52. The molecule has 0 saturated heterocycles. The predicted octanol–water partition coefficient (Wildman–Crippen LogP) is 5.59. The molecule has 4 rings (SSSR count). The molecule has 1 heterocycles. The molecule has 32 heavy (non-hydrogen) atoms. The molecule has 0 amide bonds. The Balaban J connectivity index is 1.76. The number of hydrogen-bond donors (Lipinski definition) is 0. The van der Waals surface area contributed by atoms with Crippen molar-refractivity contribution < 1.29 is 18.7 Å². The second kappa shape index (κ2) is 8.58. The van der Waals surface area contributed by atoms with Crippen LogP contribution in [0.4, 0.5) is 4.39 Å². The van der Waals surface area contributed by atoms with Crippen LogP contribution in [0.3, 0.4) is 0 Å². The van der Waals surface area contributed by atoms with Crippen LogP contribution in [0.5, 0.6) is 0 Å². The zero-order valence-electron chi connectivity index (χ0n) is 18.5. The van der Waals surface area contributed by atoms with Gasteiger partial charge < -0.3 is 9.47 Å². The van der Waals surface area contributed by atoms with E-state index in [1.807, 2.05) is 75.4 Å². The lowest BCUT2D eigenvalue weighted by molar-refractivity contribution is -0.162. The number of hydrogen-bond acceptors (Lipinski definition) is 4. The second-order valence-electron chi connectivity index (χ2n) is 8.95. The van der Waals surface area contributed by atoms with Crippen molar-refractivity contribution in [2.45, 2.75) is 38.3 Å². The maximum absolute atomic E-state index is 13.4. The molecule has 3 aromatic carbocycles. The molecule has 0 N–H and O–H groups in total. The first-order valence-electron chi connectivity index (χ1n) is 10.6. The van der Waals surface area contributed by atoms with Gasteiger partial charge in [0.25, 0.3) is 0 Å². The average molecular weight is 432 g/mol. The second-order valence-corrected chi connectivity index (χ2v) is 8.95. The van der Waals surface area contributed by atoms with Gasteiger partial charge in [0.1, 0.15) is 18.0 Å². The van der Waals surface area contributed by atoms with E-state index in [9.17, 15) is 9.18 Å². The van der Waals surface area contributed by atoms with Gasteiger partial charge in [0, 0.05) is 12.0 Å². The standard InChI is InChI=1S/C27H26FNO3/c1-26(2,3)32-25(30)27(17-19-13-15-21(28)16-14-19)18-31-24(29-27)23-12-8-7-11-22(23)20-9-5-4-6-10-20/h4-16H,17-18H2,1-3H3/t27-/m1/s1. The number of carbonyl (C=O) groups excluding carboxylic acids is 1. The molecule has 0 spiro atoms. The first kappa shape index (κ1) is 21.8. The Bertz CT molecular complexity index is 1130. The van der Waals surface area contributed by atoms with Crippen molar-refractivity contribution in [1.82, 2.24) is 0 Å². The number of benzene rings is 3. The summed E-state index contributed by atoms with van der Waals surface area (Å²) in [7, 11) is 0. The van der Waals surface area contributed by atoms with Crippen molar-refractivity contribution in [3.8, 4) is 11.1 Å². The van der Waals surface area contributed by atoms with Gasteiger partial charge in [-0.25, -0.2) is 14.2 Å². The highest BCUT2D eigenvalue weighted by molar-refractivity contribution is 6.04. The summed E-state index contributed by atoms with van der Waals surface area (Å²) in [6.07, 6.45) is 0.249. The van der Waals surface area contributed by atoms with Gasteiger partial charge in [-0.3, -0.25) is 0 Å². The van der Waals surface area contributed by atoms with Crippen LogP contribution >= 0.6 is 0 Å². The lowest BCUT2D eigenvalue weighted by atomic mass is 9.92. The maximum Gasteiger partial charge on any atom is 0.338 e. The quantitative estimate of drug-likeness (QED) is 0.495.